The van der Waals surface area contributed by atoms with Gasteiger partial charge in [-0.05, 0) is 41.9 Å². The summed E-state index contributed by atoms with van der Waals surface area (Å²) in [4.78, 5) is 11.9. The highest BCUT2D eigenvalue weighted by atomic mass is 32.1. The van der Waals surface area contributed by atoms with E-state index in [4.69, 9.17) is 0 Å². The maximum Gasteiger partial charge on any atom is 0.258 e. The maximum atomic E-state index is 13.5. The van der Waals surface area contributed by atoms with Gasteiger partial charge in [0.05, 0.1) is 10.3 Å². The standard InChI is InChI=1S/C14H8F2N2OS/c15-9-1-3-11(12(16)6-9)14(19)18-10-2-4-13-8(5-10)7-17-20-13/h1-7H,(H,18,19). The zero-order chi connectivity index (χ0) is 14.1. The second-order valence-electron chi connectivity index (χ2n) is 4.16. The van der Waals surface area contributed by atoms with Crippen molar-refractivity contribution in [3.63, 3.8) is 0 Å². The number of fused-ring (bicyclic) bond motifs is 1. The van der Waals surface area contributed by atoms with E-state index in [-0.39, 0.29) is 5.56 Å². The van der Waals surface area contributed by atoms with Crippen molar-refractivity contribution in [1.29, 1.82) is 0 Å². The number of carbonyl (C=O) groups excluding carboxylic acids is 1. The molecular formula is C14H8F2N2OS. The molecule has 2 aromatic carbocycles. The Labute approximate surface area is 117 Å². The number of nitrogens with zero attached hydrogens (tertiary/aromatic N) is 1. The number of benzene rings is 2. The Kier molecular flexibility index (Phi) is 3.15. The summed E-state index contributed by atoms with van der Waals surface area (Å²) in [5, 5.41) is 3.47. The molecule has 1 aromatic heterocycles. The lowest BCUT2D eigenvalue weighted by molar-refractivity contribution is 0.102. The van der Waals surface area contributed by atoms with Crippen molar-refractivity contribution in [3.05, 3.63) is 59.8 Å². The first-order chi connectivity index (χ1) is 9.63. The highest BCUT2D eigenvalue weighted by Crippen LogP contribution is 2.22. The Morgan fingerprint density at radius 2 is 2.00 bits per heavy atom. The zero-order valence-electron chi connectivity index (χ0n) is 10.1. The number of hydrogen-bond donors (Lipinski definition) is 1. The minimum Gasteiger partial charge on any atom is -0.322 e. The van der Waals surface area contributed by atoms with E-state index in [9.17, 15) is 13.6 Å². The van der Waals surface area contributed by atoms with Crippen LogP contribution in [-0.2, 0) is 0 Å². The lowest BCUT2D eigenvalue weighted by Gasteiger charge is -2.06. The zero-order valence-corrected chi connectivity index (χ0v) is 10.9. The molecule has 0 saturated carbocycles. The van der Waals surface area contributed by atoms with Crippen LogP contribution < -0.4 is 5.32 Å². The molecule has 0 fully saturated rings. The molecule has 0 aliphatic carbocycles. The fourth-order valence-electron chi connectivity index (χ4n) is 1.82. The first-order valence-electron chi connectivity index (χ1n) is 5.74. The lowest BCUT2D eigenvalue weighted by Crippen LogP contribution is -2.13. The van der Waals surface area contributed by atoms with Crippen molar-refractivity contribution in [2.24, 2.45) is 0 Å². The van der Waals surface area contributed by atoms with E-state index in [0.29, 0.717) is 11.8 Å². The van der Waals surface area contributed by atoms with E-state index >= 15 is 0 Å². The summed E-state index contributed by atoms with van der Waals surface area (Å²) >= 11 is 1.35. The number of nitrogens with one attached hydrogen (secondary N) is 1. The summed E-state index contributed by atoms with van der Waals surface area (Å²) in [6, 6.07) is 8.12. The molecule has 0 aliphatic rings. The van der Waals surface area contributed by atoms with Gasteiger partial charge < -0.3 is 5.32 Å². The Hall–Kier alpha value is -2.34. The van der Waals surface area contributed by atoms with Gasteiger partial charge in [0.25, 0.3) is 5.91 Å². The quantitative estimate of drug-likeness (QED) is 0.779. The van der Waals surface area contributed by atoms with Crippen LogP contribution in [0.25, 0.3) is 10.1 Å². The second-order valence-corrected chi connectivity index (χ2v) is 4.99. The molecule has 3 aromatic rings. The molecule has 0 aliphatic heterocycles. The first kappa shape index (κ1) is 12.7. The van der Waals surface area contributed by atoms with E-state index in [1.54, 1.807) is 18.3 Å². The van der Waals surface area contributed by atoms with Crippen LogP contribution in [0.1, 0.15) is 10.4 Å². The first-order valence-corrected chi connectivity index (χ1v) is 6.52. The third-order valence-electron chi connectivity index (χ3n) is 2.79. The van der Waals surface area contributed by atoms with E-state index < -0.39 is 17.5 Å². The summed E-state index contributed by atoms with van der Waals surface area (Å²) in [7, 11) is 0. The van der Waals surface area contributed by atoms with Crippen LogP contribution in [0.15, 0.2) is 42.6 Å². The number of anilines is 1. The van der Waals surface area contributed by atoms with Gasteiger partial charge in [-0.3, -0.25) is 4.79 Å². The molecule has 20 heavy (non-hydrogen) atoms. The third-order valence-corrected chi connectivity index (χ3v) is 3.57. The highest BCUT2D eigenvalue weighted by molar-refractivity contribution is 7.13. The molecule has 0 saturated heterocycles. The molecule has 6 heteroatoms. The summed E-state index contributed by atoms with van der Waals surface area (Å²) in [6.45, 7) is 0. The number of carbonyl (C=O) groups is 1. The van der Waals surface area contributed by atoms with Crippen molar-refractivity contribution in [2.75, 3.05) is 5.32 Å². The van der Waals surface area contributed by atoms with E-state index in [1.807, 2.05) is 6.07 Å². The largest absolute Gasteiger partial charge is 0.322 e. The summed E-state index contributed by atoms with van der Waals surface area (Å²) in [5.74, 6) is -2.23. The second kappa shape index (κ2) is 4.97. The lowest BCUT2D eigenvalue weighted by atomic mass is 10.2. The fraction of sp³-hybridized carbons (Fsp3) is 0. The van der Waals surface area contributed by atoms with Gasteiger partial charge >= 0.3 is 0 Å². The van der Waals surface area contributed by atoms with Crippen molar-refractivity contribution >= 4 is 33.2 Å². The predicted octanol–water partition coefficient (Wildman–Crippen LogP) is 3.83. The van der Waals surface area contributed by atoms with Crippen molar-refractivity contribution < 1.29 is 13.6 Å². The number of amides is 1. The Balaban J connectivity index is 1.87. The van der Waals surface area contributed by atoms with Crippen molar-refractivity contribution in [3.8, 4) is 0 Å². The third kappa shape index (κ3) is 2.37. The van der Waals surface area contributed by atoms with Crippen LogP contribution in [0, 0.1) is 11.6 Å². The molecule has 1 amide bonds. The molecule has 3 rings (SSSR count). The minimum absolute atomic E-state index is 0.199. The van der Waals surface area contributed by atoms with Crippen LogP contribution >= 0.6 is 11.5 Å². The maximum absolute atomic E-state index is 13.5. The molecule has 100 valence electrons. The number of rotatable bonds is 2. The monoisotopic (exact) mass is 290 g/mol. The summed E-state index contributed by atoms with van der Waals surface area (Å²) in [5.41, 5.74) is 0.335. The number of hydrogen-bond acceptors (Lipinski definition) is 3. The van der Waals surface area contributed by atoms with Crippen LogP contribution in [0.3, 0.4) is 0 Å². The molecule has 1 N–H and O–H groups in total. The van der Waals surface area contributed by atoms with Gasteiger partial charge in [0.2, 0.25) is 0 Å². The Morgan fingerprint density at radius 1 is 1.15 bits per heavy atom. The minimum atomic E-state index is -0.888. The Bertz CT molecular complexity index is 801. The van der Waals surface area contributed by atoms with E-state index in [1.165, 1.54) is 11.5 Å². The van der Waals surface area contributed by atoms with Gasteiger partial charge in [-0.2, -0.15) is 4.37 Å². The summed E-state index contributed by atoms with van der Waals surface area (Å²) < 4.78 is 31.3. The molecule has 0 spiro atoms. The van der Waals surface area contributed by atoms with Crippen LogP contribution in [0.5, 0.6) is 0 Å². The van der Waals surface area contributed by atoms with E-state index in [0.717, 1.165) is 22.2 Å². The molecular weight excluding hydrogens is 282 g/mol. The number of aromatic nitrogens is 1. The molecule has 1 heterocycles. The predicted molar refractivity (Wildman–Crippen MR) is 73.9 cm³/mol. The molecule has 0 unspecified atom stereocenters. The average Bonchev–Trinajstić information content (AvgIpc) is 2.85. The fourth-order valence-corrected chi connectivity index (χ4v) is 2.45. The van der Waals surface area contributed by atoms with Gasteiger partial charge in [-0.1, -0.05) is 0 Å². The topological polar surface area (TPSA) is 42.0 Å². The van der Waals surface area contributed by atoms with Crippen LogP contribution in [0.4, 0.5) is 14.5 Å². The normalized spacial score (nSPS) is 10.7. The van der Waals surface area contributed by atoms with Crippen molar-refractivity contribution in [1.82, 2.24) is 4.37 Å². The van der Waals surface area contributed by atoms with Gasteiger partial charge in [-0.15, -0.1) is 0 Å². The molecule has 0 bridgehead atoms. The summed E-state index contributed by atoms with van der Waals surface area (Å²) in [6.07, 6.45) is 1.69. The molecule has 3 nitrogen and oxygen atoms in total. The van der Waals surface area contributed by atoms with Gasteiger partial charge in [0, 0.05) is 23.3 Å². The average molecular weight is 290 g/mol. The van der Waals surface area contributed by atoms with Gasteiger partial charge in [-0.25, -0.2) is 8.78 Å². The highest BCUT2D eigenvalue weighted by Gasteiger charge is 2.12. The molecule has 0 atom stereocenters. The van der Waals surface area contributed by atoms with Crippen LogP contribution in [-0.4, -0.2) is 10.3 Å². The van der Waals surface area contributed by atoms with Gasteiger partial charge in [0.15, 0.2) is 0 Å². The van der Waals surface area contributed by atoms with Crippen molar-refractivity contribution in [2.45, 2.75) is 0 Å². The van der Waals surface area contributed by atoms with Crippen LogP contribution in [0.2, 0.25) is 0 Å². The Morgan fingerprint density at radius 3 is 2.80 bits per heavy atom. The smallest absolute Gasteiger partial charge is 0.258 e. The van der Waals surface area contributed by atoms with Gasteiger partial charge in [0.1, 0.15) is 11.6 Å². The SMILES string of the molecule is O=C(Nc1ccc2sncc2c1)c1ccc(F)cc1F. The van der Waals surface area contributed by atoms with E-state index in [2.05, 4.69) is 9.69 Å². The number of halogens is 2. The molecule has 0 radical (unpaired) electrons.